The molecule has 1 aliphatic rings. The van der Waals surface area contributed by atoms with Gasteiger partial charge < -0.3 is 9.11 Å². The molecule has 0 saturated heterocycles. The summed E-state index contributed by atoms with van der Waals surface area (Å²) in [6.45, 7) is 0. The molecule has 0 aliphatic heterocycles. The molecular formula is C15H16Na2O6S4. The third-order valence-electron chi connectivity index (χ3n) is 4.56. The van der Waals surface area contributed by atoms with Gasteiger partial charge in [-0.15, -0.1) is 22.7 Å². The first-order valence-corrected chi connectivity index (χ1v) is 12.6. The van der Waals surface area contributed by atoms with E-state index in [0.717, 1.165) is 20.9 Å². The Labute approximate surface area is 211 Å². The quantitative estimate of drug-likeness (QED) is 0.298. The number of fused-ring (bicyclic) bond motifs is 3. The van der Waals surface area contributed by atoms with Crippen molar-refractivity contribution in [2.24, 2.45) is 0 Å². The number of hydrogen-bond donors (Lipinski definition) is 0. The first-order chi connectivity index (χ1) is 11.6. The van der Waals surface area contributed by atoms with Crippen molar-refractivity contribution in [3.05, 3.63) is 34.0 Å². The molecule has 2 aromatic heterocycles. The fourth-order valence-corrected chi connectivity index (χ4v) is 6.81. The van der Waals surface area contributed by atoms with Gasteiger partial charge in [-0.1, -0.05) is 0 Å². The fourth-order valence-electron chi connectivity index (χ4n) is 3.63. The van der Waals surface area contributed by atoms with Crippen LogP contribution in [0.4, 0.5) is 0 Å². The van der Waals surface area contributed by atoms with Gasteiger partial charge in [-0.05, 0) is 59.7 Å². The van der Waals surface area contributed by atoms with E-state index in [1.165, 1.54) is 0 Å². The minimum absolute atomic E-state index is 0. The molecule has 3 rings (SSSR count). The van der Waals surface area contributed by atoms with Crippen LogP contribution in [-0.4, -0.2) is 37.4 Å². The van der Waals surface area contributed by atoms with E-state index in [0.29, 0.717) is 12.8 Å². The van der Waals surface area contributed by atoms with E-state index in [-0.39, 0.29) is 72.0 Å². The Morgan fingerprint density at radius 3 is 1.48 bits per heavy atom. The fraction of sp³-hybridized carbons (Fsp3) is 0.467. The van der Waals surface area contributed by atoms with Crippen LogP contribution in [-0.2, 0) is 25.7 Å². The average Bonchev–Trinajstić information content (AvgIpc) is 3.14. The van der Waals surface area contributed by atoms with E-state index in [2.05, 4.69) is 0 Å². The van der Waals surface area contributed by atoms with E-state index >= 15 is 0 Å². The van der Waals surface area contributed by atoms with Crippen molar-refractivity contribution < 1.29 is 85.1 Å². The molecule has 0 atom stereocenters. The van der Waals surface area contributed by atoms with E-state index in [1.807, 2.05) is 22.9 Å². The van der Waals surface area contributed by atoms with Crippen LogP contribution in [0, 0.1) is 0 Å². The van der Waals surface area contributed by atoms with Crippen molar-refractivity contribution in [3.8, 4) is 9.75 Å². The molecule has 0 saturated carbocycles. The molecular weight excluding hydrogens is 450 g/mol. The molecule has 138 valence electrons. The average molecular weight is 467 g/mol. The second kappa shape index (κ2) is 10.0. The Morgan fingerprint density at radius 1 is 0.778 bits per heavy atom. The van der Waals surface area contributed by atoms with Gasteiger partial charge in [0.2, 0.25) is 0 Å². The molecule has 0 aromatic carbocycles. The normalized spacial score (nSPS) is 14.7. The van der Waals surface area contributed by atoms with Gasteiger partial charge in [0.05, 0.1) is 20.2 Å². The molecule has 0 spiro atoms. The molecule has 2 heterocycles. The maximum Gasteiger partial charge on any atom is 1.00 e. The van der Waals surface area contributed by atoms with Gasteiger partial charge in [0.15, 0.2) is 0 Å². The van der Waals surface area contributed by atoms with Crippen LogP contribution < -0.4 is 59.1 Å². The Balaban J connectivity index is 0.00000182. The maximum atomic E-state index is 11.0. The molecule has 0 radical (unpaired) electrons. The van der Waals surface area contributed by atoms with Gasteiger partial charge in [0.1, 0.15) is 0 Å². The van der Waals surface area contributed by atoms with Crippen LogP contribution in [0.3, 0.4) is 0 Å². The van der Waals surface area contributed by atoms with Crippen molar-refractivity contribution in [2.45, 2.75) is 31.1 Å². The minimum atomic E-state index is -4.30. The zero-order valence-electron chi connectivity index (χ0n) is 15.1. The van der Waals surface area contributed by atoms with E-state index in [9.17, 15) is 25.9 Å². The van der Waals surface area contributed by atoms with Gasteiger partial charge in [0, 0.05) is 26.7 Å². The van der Waals surface area contributed by atoms with Crippen molar-refractivity contribution >= 4 is 42.9 Å². The van der Waals surface area contributed by atoms with Gasteiger partial charge in [-0.3, -0.25) is 0 Å². The Hall–Kier alpha value is 1.22. The Morgan fingerprint density at radius 2 is 1.15 bits per heavy atom. The largest absolute Gasteiger partial charge is 1.00 e. The number of hydrogen-bond acceptors (Lipinski definition) is 8. The number of thiophene rings is 2. The van der Waals surface area contributed by atoms with Gasteiger partial charge in [-0.25, -0.2) is 16.8 Å². The third-order valence-corrected chi connectivity index (χ3v) is 8.13. The Bertz CT molecular complexity index is 897. The van der Waals surface area contributed by atoms with E-state index < -0.39 is 37.2 Å². The van der Waals surface area contributed by atoms with Crippen LogP contribution in [0.2, 0.25) is 0 Å². The summed E-state index contributed by atoms with van der Waals surface area (Å²) in [4.78, 5) is 2.22. The molecule has 2 aromatic rings. The molecule has 0 N–H and O–H groups in total. The van der Waals surface area contributed by atoms with Gasteiger partial charge in [0.25, 0.3) is 0 Å². The standard InChI is InChI=1S/C15H18O6S4.2Na/c16-24(17,18)9-1-5-15(6-2-10-25(19,20)21)11-3-7-22-13(11)14-12(15)4-8-23-14;;/h3-4,7-8H,1-2,5-6,9-10H2,(H,16,17,18)(H,19,20,21);;/q;2*+1/p-2. The summed E-state index contributed by atoms with van der Waals surface area (Å²) in [5.74, 6) is -0.902. The van der Waals surface area contributed by atoms with Crippen molar-refractivity contribution in [3.63, 3.8) is 0 Å². The first kappa shape index (κ1) is 26.3. The summed E-state index contributed by atoms with van der Waals surface area (Å²) >= 11 is 3.18. The monoisotopic (exact) mass is 466 g/mol. The summed E-state index contributed by atoms with van der Waals surface area (Å²) in [5.41, 5.74) is 1.57. The molecule has 0 unspecified atom stereocenters. The molecule has 0 fully saturated rings. The molecule has 12 heteroatoms. The summed E-state index contributed by atoms with van der Waals surface area (Å²) in [5, 5.41) is 3.91. The van der Waals surface area contributed by atoms with Crippen molar-refractivity contribution in [2.75, 3.05) is 11.5 Å². The summed E-state index contributed by atoms with van der Waals surface area (Å²) < 4.78 is 65.8. The summed E-state index contributed by atoms with van der Waals surface area (Å²) in [6, 6.07) is 3.95. The SMILES string of the molecule is O=S(=O)([O-])CCCC1(CCCS(=O)(=O)[O-])c2ccsc2-c2sccc21.[Na+].[Na+]. The van der Waals surface area contributed by atoms with Crippen molar-refractivity contribution in [1.82, 2.24) is 0 Å². The number of rotatable bonds is 8. The first-order valence-electron chi connectivity index (χ1n) is 7.66. The van der Waals surface area contributed by atoms with Crippen LogP contribution >= 0.6 is 22.7 Å². The Kier molecular flexibility index (Phi) is 9.74. The zero-order chi connectivity index (χ0) is 18.3. The topological polar surface area (TPSA) is 114 Å². The van der Waals surface area contributed by atoms with Gasteiger partial charge in [-0.2, -0.15) is 0 Å². The molecule has 0 amide bonds. The maximum absolute atomic E-state index is 11.0. The zero-order valence-corrected chi connectivity index (χ0v) is 22.4. The van der Waals surface area contributed by atoms with Gasteiger partial charge >= 0.3 is 59.1 Å². The molecule has 27 heavy (non-hydrogen) atoms. The second-order valence-electron chi connectivity index (χ2n) is 6.14. The summed E-state index contributed by atoms with van der Waals surface area (Å²) in [6.07, 6.45) is 1.25. The predicted octanol–water partition coefficient (Wildman–Crippen LogP) is -3.27. The van der Waals surface area contributed by atoms with Crippen LogP contribution in [0.25, 0.3) is 9.75 Å². The predicted molar refractivity (Wildman–Crippen MR) is 96.0 cm³/mol. The van der Waals surface area contributed by atoms with E-state index in [1.54, 1.807) is 22.7 Å². The second-order valence-corrected chi connectivity index (χ2v) is 11.0. The summed E-state index contributed by atoms with van der Waals surface area (Å²) in [7, 11) is -8.61. The smallest absolute Gasteiger partial charge is 0.748 e. The molecule has 0 bridgehead atoms. The van der Waals surface area contributed by atoms with Crippen LogP contribution in [0.15, 0.2) is 22.9 Å². The van der Waals surface area contributed by atoms with Crippen LogP contribution in [0.1, 0.15) is 36.8 Å². The molecule has 6 nitrogen and oxygen atoms in total. The third kappa shape index (κ3) is 6.11. The van der Waals surface area contributed by atoms with Crippen molar-refractivity contribution in [1.29, 1.82) is 0 Å². The van der Waals surface area contributed by atoms with Crippen LogP contribution in [0.5, 0.6) is 0 Å². The minimum Gasteiger partial charge on any atom is -0.748 e. The van der Waals surface area contributed by atoms with E-state index in [4.69, 9.17) is 0 Å². The molecule has 1 aliphatic carbocycles.